The van der Waals surface area contributed by atoms with Crippen molar-refractivity contribution in [3.05, 3.63) is 0 Å². The molecule has 118 valence electrons. The maximum absolute atomic E-state index is 12.0. The standard InChI is InChI=1S/C13H26N4O2.ClH/c1-9(2)6-10(7-15-8-12(14)18)17-13(19)11-4-3-5-16-11;/h9-11,15-16H,3-8H2,1-2H3,(H2,14,18)(H,17,19);1H/t10-,11-;/m0./s1. The largest absolute Gasteiger partial charge is 0.369 e. The zero-order chi connectivity index (χ0) is 14.3. The van der Waals surface area contributed by atoms with Crippen LogP contribution in [0.1, 0.15) is 33.1 Å². The molecule has 5 N–H and O–H groups in total. The highest BCUT2D eigenvalue weighted by Gasteiger charge is 2.24. The van der Waals surface area contributed by atoms with Crippen LogP contribution in [0.4, 0.5) is 0 Å². The number of carbonyl (C=O) groups excluding carboxylic acids is 2. The molecular formula is C13H27ClN4O2. The molecule has 0 unspecified atom stereocenters. The van der Waals surface area contributed by atoms with E-state index in [1.54, 1.807) is 0 Å². The molecule has 0 aliphatic carbocycles. The Morgan fingerprint density at radius 3 is 2.60 bits per heavy atom. The van der Waals surface area contributed by atoms with E-state index in [0.717, 1.165) is 25.8 Å². The van der Waals surface area contributed by atoms with Gasteiger partial charge in [0.25, 0.3) is 0 Å². The van der Waals surface area contributed by atoms with Gasteiger partial charge < -0.3 is 21.7 Å². The second kappa shape index (κ2) is 9.96. The molecule has 2 amide bonds. The molecule has 0 saturated carbocycles. The Labute approximate surface area is 127 Å². The molecular weight excluding hydrogens is 280 g/mol. The summed E-state index contributed by atoms with van der Waals surface area (Å²) in [5, 5.41) is 9.21. The van der Waals surface area contributed by atoms with Gasteiger partial charge in [-0.25, -0.2) is 0 Å². The maximum Gasteiger partial charge on any atom is 0.237 e. The molecule has 1 rings (SSSR count). The van der Waals surface area contributed by atoms with Crippen molar-refractivity contribution in [3.63, 3.8) is 0 Å². The first-order valence-electron chi connectivity index (χ1n) is 7.01. The number of amides is 2. The Morgan fingerprint density at radius 1 is 1.40 bits per heavy atom. The summed E-state index contributed by atoms with van der Waals surface area (Å²) >= 11 is 0. The third-order valence-corrected chi connectivity index (χ3v) is 3.17. The first-order valence-corrected chi connectivity index (χ1v) is 7.01. The van der Waals surface area contributed by atoms with Crippen molar-refractivity contribution in [1.29, 1.82) is 0 Å². The van der Waals surface area contributed by atoms with Crippen LogP contribution in [-0.2, 0) is 9.59 Å². The zero-order valence-corrected chi connectivity index (χ0v) is 13.1. The molecule has 2 atom stereocenters. The molecule has 1 aliphatic rings. The van der Waals surface area contributed by atoms with Crippen LogP contribution in [0.15, 0.2) is 0 Å². The van der Waals surface area contributed by atoms with E-state index >= 15 is 0 Å². The Hall–Kier alpha value is -0.850. The van der Waals surface area contributed by atoms with Crippen LogP contribution in [0.2, 0.25) is 0 Å². The van der Waals surface area contributed by atoms with Gasteiger partial charge in [0.15, 0.2) is 0 Å². The van der Waals surface area contributed by atoms with E-state index in [-0.39, 0.29) is 42.8 Å². The average Bonchev–Trinajstić information content (AvgIpc) is 2.80. The Kier molecular flexibility index (Phi) is 9.54. The number of hydrogen-bond acceptors (Lipinski definition) is 4. The summed E-state index contributed by atoms with van der Waals surface area (Å²) in [5.74, 6) is 0.160. The van der Waals surface area contributed by atoms with Crippen molar-refractivity contribution in [2.24, 2.45) is 11.7 Å². The third kappa shape index (κ3) is 7.67. The van der Waals surface area contributed by atoms with E-state index < -0.39 is 0 Å². The van der Waals surface area contributed by atoms with Crippen LogP contribution in [-0.4, -0.2) is 43.5 Å². The second-order valence-corrected chi connectivity index (χ2v) is 5.58. The molecule has 7 heteroatoms. The molecule has 1 aliphatic heterocycles. The number of rotatable bonds is 8. The Morgan fingerprint density at radius 2 is 2.10 bits per heavy atom. The lowest BCUT2D eigenvalue weighted by molar-refractivity contribution is -0.123. The van der Waals surface area contributed by atoms with E-state index in [1.165, 1.54) is 0 Å². The van der Waals surface area contributed by atoms with Crippen LogP contribution in [0.3, 0.4) is 0 Å². The van der Waals surface area contributed by atoms with Crippen molar-refractivity contribution in [3.8, 4) is 0 Å². The molecule has 6 nitrogen and oxygen atoms in total. The fourth-order valence-corrected chi connectivity index (χ4v) is 2.34. The topological polar surface area (TPSA) is 96.2 Å². The van der Waals surface area contributed by atoms with Gasteiger partial charge in [0.1, 0.15) is 0 Å². The van der Waals surface area contributed by atoms with Gasteiger partial charge in [-0.15, -0.1) is 12.4 Å². The summed E-state index contributed by atoms with van der Waals surface area (Å²) in [6.45, 7) is 5.85. The molecule has 0 bridgehead atoms. The Bertz CT molecular complexity index is 307. The maximum atomic E-state index is 12.0. The van der Waals surface area contributed by atoms with Crippen molar-refractivity contribution in [2.75, 3.05) is 19.6 Å². The summed E-state index contributed by atoms with van der Waals surface area (Å²) in [5.41, 5.74) is 5.08. The van der Waals surface area contributed by atoms with Crippen LogP contribution >= 0.6 is 12.4 Å². The number of nitrogens with two attached hydrogens (primary N) is 1. The molecule has 1 heterocycles. The molecule has 1 saturated heterocycles. The fraction of sp³-hybridized carbons (Fsp3) is 0.846. The van der Waals surface area contributed by atoms with Crippen LogP contribution in [0.5, 0.6) is 0 Å². The summed E-state index contributed by atoms with van der Waals surface area (Å²) in [7, 11) is 0. The highest BCUT2D eigenvalue weighted by molar-refractivity contribution is 5.85. The molecule has 0 aromatic heterocycles. The normalized spacial score (nSPS) is 19.4. The fourth-order valence-electron chi connectivity index (χ4n) is 2.34. The van der Waals surface area contributed by atoms with Crippen molar-refractivity contribution in [1.82, 2.24) is 16.0 Å². The second-order valence-electron chi connectivity index (χ2n) is 5.58. The van der Waals surface area contributed by atoms with Gasteiger partial charge >= 0.3 is 0 Å². The molecule has 0 spiro atoms. The smallest absolute Gasteiger partial charge is 0.237 e. The number of carbonyl (C=O) groups is 2. The van der Waals surface area contributed by atoms with Crippen molar-refractivity contribution < 1.29 is 9.59 Å². The molecule has 0 aromatic carbocycles. The van der Waals surface area contributed by atoms with E-state index in [4.69, 9.17) is 5.73 Å². The summed E-state index contributed by atoms with van der Waals surface area (Å²) in [6.07, 6.45) is 2.83. The van der Waals surface area contributed by atoms with Gasteiger partial charge in [-0.05, 0) is 31.7 Å². The third-order valence-electron chi connectivity index (χ3n) is 3.17. The lowest BCUT2D eigenvalue weighted by Crippen LogP contribution is -2.49. The SMILES string of the molecule is CC(C)C[C@@H](CNCC(N)=O)NC(=O)[C@@H]1CCCN1.Cl. The minimum Gasteiger partial charge on any atom is -0.369 e. The van der Waals surface area contributed by atoms with E-state index in [1.807, 2.05) is 0 Å². The van der Waals surface area contributed by atoms with Gasteiger partial charge in [-0.1, -0.05) is 13.8 Å². The molecule has 1 fully saturated rings. The zero-order valence-electron chi connectivity index (χ0n) is 12.3. The monoisotopic (exact) mass is 306 g/mol. The number of halogens is 1. The lowest BCUT2D eigenvalue weighted by Gasteiger charge is -2.22. The molecule has 0 radical (unpaired) electrons. The lowest BCUT2D eigenvalue weighted by atomic mass is 10.0. The van der Waals surface area contributed by atoms with Crippen LogP contribution in [0.25, 0.3) is 0 Å². The summed E-state index contributed by atoms with van der Waals surface area (Å²) in [6, 6.07) is -0.0277. The van der Waals surface area contributed by atoms with Gasteiger partial charge in [0.2, 0.25) is 11.8 Å². The first kappa shape index (κ1) is 19.1. The van der Waals surface area contributed by atoms with E-state index in [9.17, 15) is 9.59 Å². The quantitative estimate of drug-likeness (QED) is 0.498. The predicted molar refractivity (Wildman–Crippen MR) is 81.7 cm³/mol. The van der Waals surface area contributed by atoms with E-state index in [0.29, 0.717) is 12.5 Å². The predicted octanol–water partition coefficient (Wildman–Crippen LogP) is -0.234. The summed E-state index contributed by atoms with van der Waals surface area (Å²) < 4.78 is 0. The van der Waals surface area contributed by atoms with Crippen LogP contribution < -0.4 is 21.7 Å². The minimum atomic E-state index is -0.382. The average molecular weight is 307 g/mol. The minimum absolute atomic E-state index is 0. The highest BCUT2D eigenvalue weighted by Crippen LogP contribution is 2.08. The van der Waals surface area contributed by atoms with Gasteiger partial charge in [-0.2, -0.15) is 0 Å². The van der Waals surface area contributed by atoms with Gasteiger partial charge in [0, 0.05) is 12.6 Å². The number of hydrogen-bond donors (Lipinski definition) is 4. The molecule has 0 aromatic rings. The van der Waals surface area contributed by atoms with Crippen molar-refractivity contribution in [2.45, 2.75) is 45.2 Å². The summed E-state index contributed by atoms with van der Waals surface area (Å²) in [4.78, 5) is 22.7. The number of nitrogens with one attached hydrogen (secondary N) is 3. The molecule has 20 heavy (non-hydrogen) atoms. The Balaban J connectivity index is 0.00000361. The van der Waals surface area contributed by atoms with E-state index in [2.05, 4.69) is 29.8 Å². The van der Waals surface area contributed by atoms with Gasteiger partial charge in [-0.3, -0.25) is 9.59 Å². The highest BCUT2D eigenvalue weighted by atomic mass is 35.5. The van der Waals surface area contributed by atoms with Gasteiger partial charge in [0.05, 0.1) is 12.6 Å². The number of primary amides is 1. The first-order chi connectivity index (χ1) is 8.99. The van der Waals surface area contributed by atoms with Crippen LogP contribution in [0, 0.1) is 5.92 Å². The van der Waals surface area contributed by atoms with Crippen molar-refractivity contribution >= 4 is 24.2 Å².